The Labute approximate surface area is 729 Å². The number of carbonyl (C=O) groups excluding carboxylic acids is 10. The van der Waals surface area contributed by atoms with E-state index >= 15 is 0 Å². The number of nitrogens with two attached hydrogens (primary N) is 10. The van der Waals surface area contributed by atoms with Crippen molar-refractivity contribution in [3.05, 3.63) is 71.8 Å². The van der Waals surface area contributed by atoms with Crippen molar-refractivity contribution in [2.75, 3.05) is 78.5 Å². The van der Waals surface area contributed by atoms with E-state index < -0.39 is 135 Å². The van der Waals surface area contributed by atoms with Crippen LogP contribution in [0.25, 0.3) is 0 Å². The quantitative estimate of drug-likeness (QED) is 0.0168. The molecule has 0 aromatic heterocycles. The molecule has 5 saturated heterocycles. The van der Waals surface area contributed by atoms with E-state index in [1.54, 1.807) is 53.3 Å². The fourth-order valence-electron chi connectivity index (χ4n) is 12.9. The number of amidine groups is 2. The van der Waals surface area contributed by atoms with Crippen LogP contribution >= 0.6 is 0 Å². The topological polar surface area (TPSA) is 978 Å². The maximum absolute atomic E-state index is 13.0. The number of carboxylic acid groups (broad SMARTS) is 1. The van der Waals surface area contributed by atoms with Gasteiger partial charge in [0.25, 0.3) is 20.4 Å². The van der Waals surface area contributed by atoms with Gasteiger partial charge < -0.3 is 118 Å². The Balaban J connectivity index is 0. The lowest BCUT2D eigenvalue weighted by Gasteiger charge is -2.25. The zero-order valence-corrected chi connectivity index (χ0v) is 72.3. The van der Waals surface area contributed by atoms with Gasteiger partial charge in [0.1, 0.15) is 11.4 Å². The average molecular weight is 1900 g/mol. The van der Waals surface area contributed by atoms with Crippen LogP contribution in [0.1, 0.15) is 87.8 Å². The maximum Gasteiger partial charge on any atom is 0.451 e. The molecule has 7 rings (SSSR count). The summed E-state index contributed by atoms with van der Waals surface area (Å²) in [5.41, 5.74) is 54.4. The van der Waals surface area contributed by atoms with Crippen LogP contribution in [0, 0.1) is 40.4 Å². The van der Waals surface area contributed by atoms with Crippen molar-refractivity contribution in [1.29, 1.82) is 10.8 Å². The second kappa shape index (κ2) is 61.0. The molecule has 65 heteroatoms. The van der Waals surface area contributed by atoms with E-state index in [2.05, 4.69) is 19.2 Å². The highest BCUT2D eigenvalue weighted by Gasteiger charge is 2.53. The van der Waals surface area contributed by atoms with E-state index in [4.69, 9.17) is 157 Å². The summed E-state index contributed by atoms with van der Waals surface area (Å²) >= 11 is 0. The van der Waals surface area contributed by atoms with Gasteiger partial charge in [0.2, 0.25) is 5.96 Å². The summed E-state index contributed by atoms with van der Waals surface area (Å²) < 4.78 is 138. The molecule has 4 amide bonds. The first-order valence-corrected chi connectivity index (χ1v) is 45.1. The smallest absolute Gasteiger partial charge is 0.451 e. The summed E-state index contributed by atoms with van der Waals surface area (Å²) in [5.74, 6) is -3.12. The normalized spacial score (nSPS) is 21.0. The number of carboxylic acids is 1. The van der Waals surface area contributed by atoms with Gasteiger partial charge in [-0.05, 0) is 98.5 Å². The molecule has 10 atom stereocenters. The molecule has 0 bridgehead atoms. The summed E-state index contributed by atoms with van der Waals surface area (Å²) in [4.78, 5) is 100. The number of rotatable bonds is 39. The Morgan fingerprint density at radius 3 is 1.07 bits per heavy atom. The minimum absolute atomic E-state index is 0.0000344. The van der Waals surface area contributed by atoms with Gasteiger partial charge in [0.05, 0.1) is 18.4 Å². The molecule has 2 aromatic carbocycles. The maximum atomic E-state index is 13.0. The van der Waals surface area contributed by atoms with Crippen molar-refractivity contribution in [2.45, 2.75) is 138 Å². The highest BCUT2D eigenvalue weighted by Crippen LogP contribution is 2.33. The van der Waals surface area contributed by atoms with Gasteiger partial charge in [-0.1, -0.05) is 92.8 Å². The number of guanidine groups is 1. The molecular formula is C61H114B5N23O32S5. The molecule has 0 radical (unpaired) electrons. The molecular weight excluding hydrogens is 1780 g/mol. The minimum atomic E-state index is -4.42. The number of hydrogen-bond acceptors (Lipinski definition) is 38. The fourth-order valence-corrected chi connectivity index (χ4v) is 18.9. The van der Waals surface area contributed by atoms with Gasteiger partial charge >= 0.3 is 109 Å². The van der Waals surface area contributed by atoms with Crippen molar-refractivity contribution >= 4 is 147 Å². The summed E-state index contributed by atoms with van der Waals surface area (Å²) in [6.45, 7) is 0.842. The monoisotopic (exact) mass is 1900 g/mol. The first-order chi connectivity index (χ1) is 58.6. The second-order valence-electron chi connectivity index (χ2n) is 28.5. The summed E-state index contributed by atoms with van der Waals surface area (Å²) in [5, 5.41) is 115. The Hall–Kier alpha value is -8.63. The third kappa shape index (κ3) is 48.5. The Morgan fingerprint density at radius 2 is 0.762 bits per heavy atom. The van der Waals surface area contributed by atoms with E-state index in [-0.39, 0.29) is 200 Å². The van der Waals surface area contributed by atoms with Gasteiger partial charge in [0.15, 0.2) is 0 Å². The van der Waals surface area contributed by atoms with Crippen LogP contribution in [0.5, 0.6) is 0 Å². The van der Waals surface area contributed by atoms with E-state index in [0.717, 1.165) is 24.0 Å². The number of primary amides is 1. The van der Waals surface area contributed by atoms with Gasteiger partial charge in [-0.2, -0.15) is 107 Å². The predicted molar refractivity (Wildman–Crippen MR) is 447 cm³/mol. The number of urea groups is 2. The third-order valence-corrected chi connectivity index (χ3v) is 26.3. The van der Waals surface area contributed by atoms with Gasteiger partial charge in [0, 0.05) is 108 Å². The van der Waals surface area contributed by atoms with Gasteiger partial charge in [-0.15, -0.1) is 4.40 Å². The Kier molecular flexibility index (Phi) is 57.8. The molecule has 0 spiro atoms. The number of aliphatic carboxylic acids is 1. The zero-order valence-electron chi connectivity index (χ0n) is 68.2. The average Bonchev–Trinajstić information content (AvgIpc) is 1.62. The fraction of sp³-hybridized carbons (Fsp3) is 0.639. The van der Waals surface area contributed by atoms with E-state index in [1.165, 1.54) is 8.61 Å². The van der Waals surface area contributed by atoms with Gasteiger partial charge in [-0.3, -0.25) is 15.6 Å². The van der Waals surface area contributed by atoms with E-state index in [1.807, 2.05) is 16.9 Å². The molecule has 2 aromatic rings. The second-order valence-corrected chi connectivity index (χ2v) is 37.0. The highest BCUT2D eigenvalue weighted by atomic mass is 32.2. The van der Waals surface area contributed by atoms with Crippen LogP contribution in [0.4, 0.5) is 9.59 Å². The van der Waals surface area contributed by atoms with Crippen LogP contribution in [-0.4, -0.2) is 323 Å². The first kappa shape index (κ1) is 119. The largest absolute Gasteiger partial charge is 0.480 e. The van der Waals surface area contributed by atoms with Crippen molar-refractivity contribution in [3.63, 3.8) is 0 Å². The number of carbonyl (C=O) groups is 3. The van der Waals surface area contributed by atoms with Gasteiger partial charge in [-0.25, -0.2) is 23.8 Å². The van der Waals surface area contributed by atoms with Crippen LogP contribution in [0.3, 0.4) is 0 Å². The third-order valence-electron chi connectivity index (χ3n) is 19.0. The summed E-state index contributed by atoms with van der Waals surface area (Å²) in [6, 6.07) is 14.1. The molecule has 0 saturated carbocycles. The molecule has 5 heterocycles. The van der Waals surface area contributed by atoms with E-state index in [0.29, 0.717) is 57.9 Å². The summed E-state index contributed by atoms with van der Waals surface area (Å²) in [7, 11) is -26.5. The number of nitrogens with one attached hydrogen (secondary N) is 7. The predicted octanol–water partition coefficient (Wildman–Crippen LogP) is -12.7. The standard InChI is InChI=1S/C22H29BN4O7S.C10H24BN5O4S.C9H22BN5O4S.C8H20BN5O4S.C8H19BN4O5S.4CO2/c24-22(20(28)29)15-27(14-18(22)12-7-13-23(31)32)35(33,34)26-21(30)25-19(16-8-3-1-4-9-16)17-10-5-2-6-11-17;12-9-7-16(6-8(9)2-1-4-11(17)18)21(19,20)15-5-3-10(13)14;11-8-6-15(20(18,19)14-4-9(12)13)5-7(8)2-1-3-10(16)17;10-7-5-14(19(17,18)13-8(11)12)4-6(7)2-1-3-9(15)16;10-7-5-13(19(17,18)12-8(11)14)4-6(7)2-1-3-9(15)16;4*2-1-3/h1-6,8-11,18-19,31-32H,7,12-15,24H2,(H,28,29)(H2,25,26,30);8-9,15,17-18H,1-7,12H2,(H3,13,14);7-8,14,16-17H,1-6,11H2,(H3,12,13);6-7,15-16H,1-5,10H2,(H4,11,12,13);6-7,15-16H,1-5,10H2,(H3,11,12,14);;;;/t18-,22-;8-,9-;7-,8-;2*6-,7-;;;;/m00000..../s1. The number of amides is 4. The SMILES string of the molecule is N=C(N)CCNS(=O)(=O)N1C[C@H](CCCB(O)O)[C@@H](N)C1.N=C(N)CNS(=O)(=O)N1C[C@H](CCCB(O)O)[C@@H](N)C1.NC(=O)NS(=O)(=O)N1C[C@H](CCCB(O)O)[C@@H](N)C1.NC(N)=NS(=O)(=O)N1C[C@H](CCCB(O)O)[C@@H](N)C1.N[C@@]1(C(=O)O)CN(S(=O)(=O)NC(=O)NC(c2ccccc2)c2ccccc2)C[C@@H]1CCCB(O)O.O=C=O.O=C=O.O=C=O.O=C=O. The summed E-state index contributed by atoms with van der Waals surface area (Å²) in [6.07, 6.45) is 7.28. The molecule has 0 aliphatic carbocycles. The number of nitrogens with zero attached hydrogens (tertiary/aromatic N) is 6. The molecule has 710 valence electrons. The molecule has 5 aliphatic heterocycles. The number of benzene rings is 2. The molecule has 38 N–H and O–H groups in total. The zero-order chi connectivity index (χ0) is 97.1. The molecule has 55 nitrogen and oxygen atoms in total. The van der Waals surface area contributed by atoms with Crippen molar-refractivity contribution in [3.8, 4) is 0 Å². The van der Waals surface area contributed by atoms with Crippen molar-refractivity contribution < 1.29 is 150 Å². The first-order valence-electron chi connectivity index (χ1n) is 37.9. The van der Waals surface area contributed by atoms with Crippen LogP contribution in [0.2, 0.25) is 31.6 Å². The lowest BCUT2D eigenvalue weighted by Crippen LogP contribution is -2.55. The molecule has 0 unspecified atom stereocenters. The highest BCUT2D eigenvalue weighted by molar-refractivity contribution is 7.88. The molecule has 5 aliphatic rings. The molecule has 126 heavy (non-hydrogen) atoms. The van der Waals surface area contributed by atoms with Crippen molar-refractivity contribution in [1.82, 2.24) is 45.7 Å². The lowest BCUT2D eigenvalue weighted by molar-refractivity contribution is -0.193. The van der Waals surface area contributed by atoms with Crippen LogP contribution in [0.15, 0.2) is 65.1 Å². The van der Waals surface area contributed by atoms with Crippen molar-refractivity contribution in [2.24, 2.45) is 91.3 Å². The van der Waals surface area contributed by atoms with Crippen LogP contribution < -0.4 is 81.5 Å². The minimum Gasteiger partial charge on any atom is -0.480 e. The lowest BCUT2D eigenvalue weighted by atomic mass is 9.78. The van der Waals surface area contributed by atoms with E-state index in [9.17, 15) is 61.6 Å². The number of hydrogen-bond donors (Lipinski definition) is 28. The Bertz CT molecular complexity index is 4300. The Morgan fingerprint density at radius 1 is 0.452 bits per heavy atom. The molecule has 5 fully saturated rings. The van der Waals surface area contributed by atoms with Crippen LogP contribution in [-0.2, 0) is 94.2 Å².